The van der Waals surface area contributed by atoms with Crippen LogP contribution in [-0.2, 0) is 29.9 Å². The van der Waals surface area contributed by atoms with Crippen LogP contribution in [0.4, 0.5) is 0 Å². The van der Waals surface area contributed by atoms with Gasteiger partial charge in [-0.1, -0.05) is 20.8 Å². The Morgan fingerprint density at radius 2 is 1.93 bits per heavy atom. The lowest BCUT2D eigenvalue weighted by Gasteiger charge is -2.37. The van der Waals surface area contributed by atoms with Crippen LogP contribution >= 0.6 is 11.3 Å². The van der Waals surface area contributed by atoms with Crippen LogP contribution in [0.3, 0.4) is 0 Å². The van der Waals surface area contributed by atoms with Gasteiger partial charge in [0.05, 0.1) is 25.6 Å². The van der Waals surface area contributed by atoms with Crippen molar-refractivity contribution in [1.29, 1.82) is 0 Å². The fraction of sp³-hybridized carbons (Fsp3) is 0.722. The first-order chi connectivity index (χ1) is 12.3. The number of esters is 1. The molecule has 0 fully saturated rings. The number of aryl methyl sites for hydroxylation is 1. The molecule has 156 valence electrons. The van der Waals surface area contributed by atoms with Gasteiger partial charge in [-0.2, -0.15) is 8.42 Å². The molecule has 0 aliphatic rings. The fourth-order valence-electron chi connectivity index (χ4n) is 2.15. The largest absolute Gasteiger partial charge is 0.462 e. The molecule has 9 heteroatoms. The SMILES string of the molecule is CCOC(=O)c1sccc1CC[C@@H](CO[Si](C)(C)C(C)(C)C)OS(C)(=O)=O. The Morgan fingerprint density at radius 3 is 2.44 bits per heavy atom. The lowest BCUT2D eigenvalue weighted by molar-refractivity contribution is 0.0530. The molecule has 0 aliphatic carbocycles. The molecular weight excluding hydrogens is 404 g/mol. The summed E-state index contributed by atoms with van der Waals surface area (Å²) in [6.07, 6.45) is 1.40. The molecule has 0 aromatic carbocycles. The molecule has 1 aromatic rings. The maximum Gasteiger partial charge on any atom is 0.348 e. The normalized spacial score (nSPS) is 14.2. The quantitative estimate of drug-likeness (QED) is 0.310. The van der Waals surface area contributed by atoms with Crippen molar-refractivity contribution < 1.29 is 26.6 Å². The highest BCUT2D eigenvalue weighted by atomic mass is 32.2. The summed E-state index contributed by atoms with van der Waals surface area (Å²) in [5.41, 5.74) is 0.841. The Morgan fingerprint density at radius 1 is 1.30 bits per heavy atom. The van der Waals surface area contributed by atoms with Crippen molar-refractivity contribution in [3.8, 4) is 0 Å². The highest BCUT2D eigenvalue weighted by molar-refractivity contribution is 7.86. The molecule has 6 nitrogen and oxygen atoms in total. The van der Waals surface area contributed by atoms with E-state index in [1.807, 2.05) is 11.4 Å². The topological polar surface area (TPSA) is 78.9 Å². The first-order valence-corrected chi connectivity index (χ1v) is 14.6. The Labute approximate surface area is 168 Å². The molecule has 0 saturated heterocycles. The summed E-state index contributed by atoms with van der Waals surface area (Å²) >= 11 is 1.33. The Kier molecular flexibility index (Phi) is 8.68. The smallest absolute Gasteiger partial charge is 0.348 e. The van der Waals surface area contributed by atoms with E-state index in [4.69, 9.17) is 13.3 Å². The van der Waals surface area contributed by atoms with Gasteiger partial charge in [0, 0.05) is 0 Å². The van der Waals surface area contributed by atoms with Crippen LogP contribution in [0.25, 0.3) is 0 Å². The van der Waals surface area contributed by atoms with Gasteiger partial charge in [0.2, 0.25) is 0 Å². The molecule has 0 saturated carbocycles. The Hall–Kier alpha value is -0.743. The third-order valence-corrected chi connectivity index (χ3v) is 10.7. The minimum Gasteiger partial charge on any atom is -0.462 e. The molecule has 0 unspecified atom stereocenters. The van der Waals surface area contributed by atoms with Gasteiger partial charge in [0.15, 0.2) is 8.32 Å². The van der Waals surface area contributed by atoms with Crippen molar-refractivity contribution in [2.45, 2.75) is 64.8 Å². The van der Waals surface area contributed by atoms with Crippen LogP contribution in [0.5, 0.6) is 0 Å². The summed E-state index contributed by atoms with van der Waals surface area (Å²) in [5.74, 6) is -0.347. The minimum atomic E-state index is -3.61. The molecule has 0 spiro atoms. The van der Waals surface area contributed by atoms with E-state index in [2.05, 4.69) is 33.9 Å². The number of rotatable bonds is 10. The molecular formula is C18H32O6S2Si. The van der Waals surface area contributed by atoms with Gasteiger partial charge in [-0.25, -0.2) is 4.79 Å². The summed E-state index contributed by atoms with van der Waals surface area (Å²) < 4.78 is 39.8. The Bertz CT molecular complexity index is 718. The highest BCUT2D eigenvalue weighted by Crippen LogP contribution is 2.36. The fourth-order valence-corrected chi connectivity index (χ4v) is 4.68. The summed E-state index contributed by atoms with van der Waals surface area (Å²) in [5, 5.41) is 1.85. The summed E-state index contributed by atoms with van der Waals surface area (Å²) in [4.78, 5) is 12.6. The molecule has 0 bridgehead atoms. The van der Waals surface area contributed by atoms with Crippen molar-refractivity contribution >= 4 is 35.7 Å². The number of hydrogen-bond acceptors (Lipinski definition) is 7. The maximum atomic E-state index is 12.0. The van der Waals surface area contributed by atoms with Crippen molar-refractivity contribution in [1.82, 2.24) is 0 Å². The molecule has 0 aliphatic heterocycles. The van der Waals surface area contributed by atoms with Crippen molar-refractivity contribution in [2.75, 3.05) is 19.5 Å². The molecule has 0 amide bonds. The van der Waals surface area contributed by atoms with Crippen LogP contribution in [0.15, 0.2) is 11.4 Å². The molecule has 27 heavy (non-hydrogen) atoms. The number of carbonyl (C=O) groups is 1. The van der Waals surface area contributed by atoms with Gasteiger partial charge >= 0.3 is 5.97 Å². The minimum absolute atomic E-state index is 0.0209. The molecule has 0 N–H and O–H groups in total. The standard InChI is InChI=1S/C18H32O6S2Si/c1-8-22-17(19)16-14(11-12-25-16)9-10-15(24-26(5,20)21)13-23-27(6,7)18(2,3)4/h11-12,15H,8-10,13H2,1-7H3/t15-/m0/s1. The van der Waals surface area contributed by atoms with Crippen molar-refractivity contribution in [3.05, 3.63) is 21.9 Å². The van der Waals surface area contributed by atoms with E-state index in [1.165, 1.54) is 11.3 Å². The second kappa shape index (κ2) is 9.64. The monoisotopic (exact) mass is 436 g/mol. The summed E-state index contributed by atoms with van der Waals surface area (Å²) in [7, 11) is -5.63. The predicted molar refractivity (Wildman–Crippen MR) is 111 cm³/mol. The lowest BCUT2D eigenvalue weighted by atomic mass is 10.1. The van der Waals surface area contributed by atoms with Crippen LogP contribution in [0.1, 0.15) is 49.4 Å². The zero-order chi connectivity index (χ0) is 20.9. The van der Waals surface area contributed by atoms with Gasteiger partial charge in [0.25, 0.3) is 10.1 Å². The lowest BCUT2D eigenvalue weighted by Crippen LogP contribution is -2.43. The van der Waals surface area contributed by atoms with Gasteiger partial charge < -0.3 is 9.16 Å². The second-order valence-electron chi connectivity index (χ2n) is 8.03. The van der Waals surface area contributed by atoms with E-state index in [9.17, 15) is 13.2 Å². The zero-order valence-electron chi connectivity index (χ0n) is 17.3. The van der Waals surface area contributed by atoms with Crippen LogP contribution in [0, 0.1) is 0 Å². The van der Waals surface area contributed by atoms with Crippen molar-refractivity contribution in [3.63, 3.8) is 0 Å². The number of ether oxygens (including phenoxy) is 1. The van der Waals surface area contributed by atoms with Gasteiger partial charge in [-0.15, -0.1) is 11.3 Å². The van der Waals surface area contributed by atoms with E-state index >= 15 is 0 Å². The van der Waals surface area contributed by atoms with Crippen LogP contribution < -0.4 is 0 Å². The number of carbonyl (C=O) groups excluding carboxylic acids is 1. The van der Waals surface area contributed by atoms with E-state index in [-0.39, 0.29) is 17.6 Å². The molecule has 1 heterocycles. The summed E-state index contributed by atoms with van der Waals surface area (Å²) in [6, 6.07) is 1.86. The Balaban J connectivity index is 2.83. The molecule has 1 rings (SSSR count). The first-order valence-electron chi connectivity index (χ1n) is 9.02. The average molecular weight is 437 g/mol. The van der Waals surface area contributed by atoms with Crippen LogP contribution in [0.2, 0.25) is 18.1 Å². The van der Waals surface area contributed by atoms with E-state index < -0.39 is 24.5 Å². The van der Waals surface area contributed by atoms with E-state index in [0.29, 0.717) is 24.3 Å². The molecule has 1 atom stereocenters. The van der Waals surface area contributed by atoms with Gasteiger partial charge in [-0.3, -0.25) is 4.18 Å². The van der Waals surface area contributed by atoms with Crippen molar-refractivity contribution in [2.24, 2.45) is 0 Å². The van der Waals surface area contributed by atoms with Crippen LogP contribution in [-0.4, -0.2) is 48.3 Å². The summed E-state index contributed by atoms with van der Waals surface area (Å²) in [6.45, 7) is 12.9. The third kappa shape index (κ3) is 8.03. The van der Waals surface area contributed by atoms with E-state index in [0.717, 1.165) is 11.8 Å². The first kappa shape index (κ1) is 24.3. The number of hydrogen-bond donors (Lipinski definition) is 0. The highest BCUT2D eigenvalue weighted by Gasteiger charge is 2.38. The number of thiophene rings is 1. The van der Waals surface area contributed by atoms with Gasteiger partial charge in [-0.05, 0) is 54.9 Å². The second-order valence-corrected chi connectivity index (χ2v) is 15.4. The predicted octanol–water partition coefficient (Wildman–Crippen LogP) is 4.22. The maximum absolute atomic E-state index is 12.0. The third-order valence-electron chi connectivity index (χ3n) is 4.69. The average Bonchev–Trinajstić information content (AvgIpc) is 2.96. The molecule has 0 radical (unpaired) electrons. The van der Waals surface area contributed by atoms with E-state index in [1.54, 1.807) is 6.92 Å². The molecule has 1 aromatic heterocycles. The van der Waals surface area contributed by atoms with Gasteiger partial charge in [0.1, 0.15) is 4.88 Å². The zero-order valence-corrected chi connectivity index (χ0v) is 20.0.